The summed E-state index contributed by atoms with van der Waals surface area (Å²) in [7, 11) is -1.56. The van der Waals surface area contributed by atoms with Gasteiger partial charge >= 0.3 is 7.12 Å². The first-order valence-corrected chi connectivity index (χ1v) is 4.05. The number of carbonyl (C=O) groups is 1. The van der Waals surface area contributed by atoms with Crippen molar-refractivity contribution >= 4 is 30.5 Å². The third-order valence-electron chi connectivity index (χ3n) is 1.79. The summed E-state index contributed by atoms with van der Waals surface area (Å²) in [6.45, 7) is 1.68. The Balaban J connectivity index is 3.28. The first-order chi connectivity index (χ1) is 6.06. The van der Waals surface area contributed by atoms with Crippen LogP contribution >= 0.6 is 11.6 Å². The van der Waals surface area contributed by atoms with Crippen LogP contribution in [-0.4, -0.2) is 23.5 Å². The van der Waals surface area contributed by atoms with Crippen molar-refractivity contribution in [1.29, 1.82) is 0 Å². The lowest BCUT2D eigenvalue weighted by Crippen LogP contribution is -2.32. The quantitative estimate of drug-likeness (QED) is 0.525. The van der Waals surface area contributed by atoms with Gasteiger partial charge in [-0.25, -0.2) is 0 Å². The molecule has 0 unspecified atom stereocenters. The molecular formula is C8H8BClO3. The van der Waals surface area contributed by atoms with Gasteiger partial charge in [0.2, 0.25) is 0 Å². The molecule has 0 saturated carbocycles. The highest BCUT2D eigenvalue weighted by molar-refractivity contribution is 6.59. The zero-order chi connectivity index (χ0) is 10.0. The molecule has 5 heteroatoms. The summed E-state index contributed by atoms with van der Waals surface area (Å²) in [5.41, 5.74) is 1.29. The lowest BCUT2D eigenvalue weighted by molar-refractivity contribution is 0.112. The summed E-state index contributed by atoms with van der Waals surface area (Å²) in [4.78, 5) is 10.5. The van der Waals surface area contributed by atoms with E-state index in [0.29, 0.717) is 22.9 Å². The SMILES string of the molecule is Cc1cc(C=O)c(Cl)cc1B(O)O. The fraction of sp³-hybridized carbons (Fsp3) is 0.125. The maximum atomic E-state index is 10.5. The molecule has 0 fully saturated rings. The number of aryl methyl sites for hydroxylation is 1. The van der Waals surface area contributed by atoms with Crippen molar-refractivity contribution in [2.45, 2.75) is 6.92 Å². The molecule has 1 rings (SSSR count). The van der Waals surface area contributed by atoms with E-state index in [4.69, 9.17) is 21.6 Å². The van der Waals surface area contributed by atoms with Gasteiger partial charge in [0.15, 0.2) is 6.29 Å². The van der Waals surface area contributed by atoms with Crippen LogP contribution in [0.4, 0.5) is 0 Å². The second-order valence-corrected chi connectivity index (χ2v) is 3.13. The molecular weight excluding hydrogens is 190 g/mol. The molecule has 0 aliphatic heterocycles. The minimum absolute atomic E-state index is 0.226. The Labute approximate surface area is 81.1 Å². The zero-order valence-corrected chi connectivity index (χ0v) is 7.75. The zero-order valence-electron chi connectivity index (χ0n) is 6.99. The Morgan fingerprint density at radius 1 is 1.46 bits per heavy atom. The van der Waals surface area contributed by atoms with Gasteiger partial charge in [0.25, 0.3) is 0 Å². The van der Waals surface area contributed by atoms with Crippen LogP contribution in [0.25, 0.3) is 0 Å². The van der Waals surface area contributed by atoms with E-state index >= 15 is 0 Å². The number of aldehydes is 1. The third kappa shape index (κ3) is 2.09. The van der Waals surface area contributed by atoms with Crippen molar-refractivity contribution in [3.63, 3.8) is 0 Å². The van der Waals surface area contributed by atoms with Gasteiger partial charge in [-0.1, -0.05) is 17.2 Å². The van der Waals surface area contributed by atoms with Crippen molar-refractivity contribution in [1.82, 2.24) is 0 Å². The summed E-state index contributed by atoms with van der Waals surface area (Å²) in [6.07, 6.45) is 0.628. The first-order valence-electron chi connectivity index (χ1n) is 3.67. The summed E-state index contributed by atoms with van der Waals surface area (Å²) in [5.74, 6) is 0. The van der Waals surface area contributed by atoms with E-state index in [2.05, 4.69) is 0 Å². The fourth-order valence-corrected chi connectivity index (χ4v) is 1.30. The molecule has 0 radical (unpaired) electrons. The summed E-state index contributed by atoms with van der Waals surface area (Å²) in [5, 5.41) is 18.0. The number of hydrogen-bond donors (Lipinski definition) is 2. The molecule has 0 aliphatic carbocycles. The first kappa shape index (κ1) is 10.2. The van der Waals surface area contributed by atoms with Crippen LogP contribution in [0.15, 0.2) is 12.1 Å². The smallest absolute Gasteiger partial charge is 0.423 e. The summed E-state index contributed by atoms with van der Waals surface area (Å²) >= 11 is 5.69. The molecule has 1 aromatic rings. The van der Waals surface area contributed by atoms with Gasteiger partial charge in [-0.05, 0) is 24.5 Å². The van der Waals surface area contributed by atoms with Crippen molar-refractivity contribution in [2.24, 2.45) is 0 Å². The van der Waals surface area contributed by atoms with Crippen LogP contribution in [0, 0.1) is 6.92 Å². The normalized spacial score (nSPS) is 9.85. The van der Waals surface area contributed by atoms with Crippen molar-refractivity contribution in [3.05, 3.63) is 28.3 Å². The number of halogens is 1. The Morgan fingerprint density at radius 2 is 2.08 bits per heavy atom. The highest BCUT2D eigenvalue weighted by atomic mass is 35.5. The van der Waals surface area contributed by atoms with Gasteiger partial charge in [-0.3, -0.25) is 4.79 Å². The standard InChI is InChI=1S/C8H8BClO3/c1-5-2-6(4-11)8(10)3-7(5)9(12)13/h2-4,12-13H,1H3. The Morgan fingerprint density at radius 3 is 2.54 bits per heavy atom. The Bertz CT molecular complexity index is 338. The van der Waals surface area contributed by atoms with Gasteiger partial charge in [-0.15, -0.1) is 0 Å². The van der Waals surface area contributed by atoms with E-state index < -0.39 is 7.12 Å². The number of carbonyl (C=O) groups excluding carboxylic acids is 1. The van der Waals surface area contributed by atoms with E-state index in [1.807, 2.05) is 0 Å². The van der Waals surface area contributed by atoms with Crippen LogP contribution in [0.1, 0.15) is 15.9 Å². The fourth-order valence-electron chi connectivity index (χ4n) is 1.09. The Hall–Kier alpha value is -0.835. The van der Waals surface area contributed by atoms with E-state index in [9.17, 15) is 4.79 Å². The van der Waals surface area contributed by atoms with Gasteiger partial charge in [0.1, 0.15) is 0 Å². The predicted octanol–water partition coefficient (Wildman–Crippen LogP) is 0.141. The van der Waals surface area contributed by atoms with E-state index in [1.54, 1.807) is 6.92 Å². The molecule has 0 heterocycles. The molecule has 1 aromatic carbocycles. The predicted molar refractivity (Wildman–Crippen MR) is 51.4 cm³/mol. The van der Waals surface area contributed by atoms with Crippen LogP contribution in [0.2, 0.25) is 5.02 Å². The van der Waals surface area contributed by atoms with Crippen molar-refractivity contribution in [2.75, 3.05) is 0 Å². The number of rotatable bonds is 2. The maximum absolute atomic E-state index is 10.5. The largest absolute Gasteiger partial charge is 0.488 e. The van der Waals surface area contributed by atoms with Gasteiger partial charge in [0.05, 0.1) is 5.02 Å². The second-order valence-electron chi connectivity index (χ2n) is 2.72. The van der Waals surface area contributed by atoms with E-state index in [0.717, 1.165) is 0 Å². The molecule has 2 N–H and O–H groups in total. The van der Waals surface area contributed by atoms with E-state index in [-0.39, 0.29) is 5.02 Å². The molecule has 0 aliphatic rings. The van der Waals surface area contributed by atoms with Crippen LogP contribution in [0.5, 0.6) is 0 Å². The minimum Gasteiger partial charge on any atom is -0.423 e. The molecule has 0 bridgehead atoms. The van der Waals surface area contributed by atoms with Crippen LogP contribution in [-0.2, 0) is 0 Å². The maximum Gasteiger partial charge on any atom is 0.488 e. The molecule has 0 spiro atoms. The molecule has 0 saturated heterocycles. The minimum atomic E-state index is -1.56. The second kappa shape index (κ2) is 3.92. The molecule has 13 heavy (non-hydrogen) atoms. The average molecular weight is 198 g/mol. The lowest BCUT2D eigenvalue weighted by Gasteiger charge is -2.06. The van der Waals surface area contributed by atoms with Crippen LogP contribution in [0.3, 0.4) is 0 Å². The third-order valence-corrected chi connectivity index (χ3v) is 2.12. The van der Waals surface area contributed by atoms with E-state index in [1.165, 1.54) is 12.1 Å². The highest BCUT2D eigenvalue weighted by Crippen LogP contribution is 2.13. The summed E-state index contributed by atoms with van der Waals surface area (Å²) < 4.78 is 0. The molecule has 3 nitrogen and oxygen atoms in total. The van der Waals surface area contributed by atoms with Gasteiger partial charge < -0.3 is 10.0 Å². The number of hydrogen-bond acceptors (Lipinski definition) is 3. The highest BCUT2D eigenvalue weighted by Gasteiger charge is 2.15. The number of benzene rings is 1. The topological polar surface area (TPSA) is 57.5 Å². The average Bonchev–Trinajstić information content (AvgIpc) is 2.07. The molecule has 0 aromatic heterocycles. The van der Waals surface area contributed by atoms with Gasteiger partial charge in [-0.2, -0.15) is 0 Å². The lowest BCUT2D eigenvalue weighted by atomic mass is 9.77. The van der Waals surface area contributed by atoms with Crippen molar-refractivity contribution < 1.29 is 14.8 Å². The monoisotopic (exact) mass is 198 g/mol. The molecule has 0 amide bonds. The van der Waals surface area contributed by atoms with Gasteiger partial charge in [0, 0.05) is 5.56 Å². The van der Waals surface area contributed by atoms with Crippen LogP contribution < -0.4 is 5.46 Å². The molecule has 68 valence electrons. The summed E-state index contributed by atoms with van der Waals surface area (Å²) in [6, 6.07) is 2.90. The Kier molecular flexibility index (Phi) is 3.09. The molecule has 0 atom stereocenters. The van der Waals surface area contributed by atoms with Crippen molar-refractivity contribution in [3.8, 4) is 0 Å².